The van der Waals surface area contributed by atoms with Crippen LogP contribution in [0.15, 0.2) is 24.5 Å². The topological polar surface area (TPSA) is 26.3 Å². The number of fused-ring (bicyclic) bond motifs is 1. The molecule has 3 heteroatoms. The molecule has 1 atom stereocenters. The maximum atomic E-state index is 13.2. The molecule has 0 bridgehead atoms. The predicted octanol–water partition coefficient (Wildman–Crippen LogP) is 2.07. The minimum Gasteiger partial charge on any atom is -0.486 e. The normalized spacial score (nSPS) is 19.0. The summed E-state index contributed by atoms with van der Waals surface area (Å²) in [4.78, 5) is 10.5. The lowest BCUT2D eigenvalue weighted by molar-refractivity contribution is -0.115. The molecule has 1 aliphatic heterocycles. The minimum atomic E-state index is -0.804. The summed E-state index contributed by atoms with van der Waals surface area (Å²) >= 11 is 0. The van der Waals surface area contributed by atoms with E-state index in [0.717, 1.165) is 0 Å². The summed E-state index contributed by atoms with van der Waals surface area (Å²) in [6, 6.07) is 4.66. The Morgan fingerprint density at radius 3 is 3.08 bits per heavy atom. The molecule has 0 radical (unpaired) electrons. The Bertz CT molecular complexity index is 371. The number of hydrogen-bond donors (Lipinski definition) is 0. The van der Waals surface area contributed by atoms with Crippen molar-refractivity contribution in [2.24, 2.45) is 0 Å². The Balaban J connectivity index is 2.60. The van der Waals surface area contributed by atoms with E-state index in [1.165, 1.54) is 12.3 Å². The van der Waals surface area contributed by atoms with Gasteiger partial charge in [0.05, 0.1) is 6.26 Å². The second-order valence-electron chi connectivity index (χ2n) is 2.74. The van der Waals surface area contributed by atoms with Crippen molar-refractivity contribution < 1.29 is 13.9 Å². The Labute approximate surface area is 74.6 Å². The van der Waals surface area contributed by atoms with Gasteiger partial charge in [0, 0.05) is 5.56 Å². The summed E-state index contributed by atoms with van der Waals surface area (Å²) in [6.07, 6.45) is 2.83. The quantitative estimate of drug-likeness (QED) is 0.615. The van der Waals surface area contributed by atoms with E-state index in [2.05, 4.69) is 0 Å². The van der Waals surface area contributed by atoms with Crippen molar-refractivity contribution in [3.05, 3.63) is 41.4 Å². The fourth-order valence-electron chi connectivity index (χ4n) is 1.36. The molecule has 0 saturated carbocycles. The first-order valence-electron chi connectivity index (χ1n) is 3.88. The average molecular weight is 178 g/mol. The maximum absolute atomic E-state index is 13.2. The first kappa shape index (κ1) is 7.98. The van der Waals surface area contributed by atoms with Crippen LogP contribution in [0.1, 0.15) is 17.2 Å². The van der Waals surface area contributed by atoms with Crippen LogP contribution in [0.3, 0.4) is 0 Å². The molecule has 0 amide bonds. The Kier molecular flexibility index (Phi) is 1.85. The smallest absolute Gasteiger partial charge is 0.181 e. The molecule has 2 rings (SSSR count). The van der Waals surface area contributed by atoms with E-state index in [1.807, 2.05) is 0 Å². The summed E-state index contributed by atoms with van der Waals surface area (Å²) in [5, 5.41) is 0. The van der Waals surface area contributed by atoms with Crippen molar-refractivity contribution in [1.82, 2.24) is 0 Å². The van der Waals surface area contributed by atoms with Crippen LogP contribution in [0.4, 0.5) is 4.39 Å². The van der Waals surface area contributed by atoms with E-state index in [4.69, 9.17) is 4.74 Å². The number of aldehydes is 1. The van der Waals surface area contributed by atoms with Gasteiger partial charge in [-0.3, -0.25) is 4.79 Å². The molecule has 1 aromatic rings. The molecule has 66 valence electrons. The summed E-state index contributed by atoms with van der Waals surface area (Å²) in [5.41, 5.74) is 1.02. The standard InChI is InChI=1S/C10H7FO2/c11-8-3-1-2-7-4-5-13-9(6-12)10(7)8/h1-6,9H. The number of ether oxygens (including phenoxy) is 1. The van der Waals surface area contributed by atoms with Crippen LogP contribution >= 0.6 is 0 Å². The van der Waals surface area contributed by atoms with Crippen LogP contribution in [0.2, 0.25) is 0 Å². The largest absolute Gasteiger partial charge is 0.486 e. The van der Waals surface area contributed by atoms with Crippen molar-refractivity contribution in [3.63, 3.8) is 0 Å². The zero-order chi connectivity index (χ0) is 9.26. The highest BCUT2D eigenvalue weighted by atomic mass is 19.1. The molecule has 1 unspecified atom stereocenters. The Morgan fingerprint density at radius 2 is 2.31 bits per heavy atom. The predicted molar refractivity (Wildman–Crippen MR) is 45.3 cm³/mol. The molecule has 0 N–H and O–H groups in total. The van der Waals surface area contributed by atoms with Crippen LogP contribution < -0.4 is 0 Å². The van der Waals surface area contributed by atoms with Crippen LogP contribution in [-0.2, 0) is 9.53 Å². The number of carbonyl (C=O) groups is 1. The molecule has 0 saturated heterocycles. The second kappa shape index (κ2) is 3.01. The summed E-state index contributed by atoms with van der Waals surface area (Å²) in [6.45, 7) is 0. The maximum Gasteiger partial charge on any atom is 0.181 e. The number of carbonyl (C=O) groups excluding carboxylic acids is 1. The zero-order valence-electron chi connectivity index (χ0n) is 6.74. The SMILES string of the molecule is O=CC1OC=Cc2cccc(F)c21. The van der Waals surface area contributed by atoms with Gasteiger partial charge in [0.2, 0.25) is 0 Å². The third-order valence-electron chi connectivity index (χ3n) is 1.97. The first-order chi connectivity index (χ1) is 6.33. The van der Waals surface area contributed by atoms with Crippen LogP contribution in [0, 0.1) is 5.82 Å². The Hall–Kier alpha value is -1.64. The number of benzene rings is 1. The minimum absolute atomic E-state index is 0.319. The van der Waals surface area contributed by atoms with Gasteiger partial charge in [-0.1, -0.05) is 12.1 Å². The zero-order valence-corrected chi connectivity index (χ0v) is 6.74. The van der Waals surface area contributed by atoms with Crippen LogP contribution in [0.5, 0.6) is 0 Å². The van der Waals surface area contributed by atoms with Crippen molar-refractivity contribution >= 4 is 12.4 Å². The number of halogens is 1. The molecule has 0 spiro atoms. The van der Waals surface area contributed by atoms with Gasteiger partial charge in [-0.05, 0) is 17.7 Å². The summed E-state index contributed by atoms with van der Waals surface area (Å²) in [7, 11) is 0. The molecule has 1 aromatic carbocycles. The fraction of sp³-hybridized carbons (Fsp3) is 0.100. The van der Waals surface area contributed by atoms with E-state index in [-0.39, 0.29) is 0 Å². The number of rotatable bonds is 1. The fourth-order valence-corrected chi connectivity index (χ4v) is 1.36. The van der Waals surface area contributed by atoms with Crippen molar-refractivity contribution in [2.45, 2.75) is 6.10 Å². The molecule has 2 nitrogen and oxygen atoms in total. The van der Waals surface area contributed by atoms with E-state index in [0.29, 0.717) is 17.4 Å². The van der Waals surface area contributed by atoms with Crippen LogP contribution in [0.25, 0.3) is 6.08 Å². The first-order valence-corrected chi connectivity index (χ1v) is 3.88. The van der Waals surface area contributed by atoms with Gasteiger partial charge in [0.25, 0.3) is 0 Å². The van der Waals surface area contributed by atoms with Gasteiger partial charge >= 0.3 is 0 Å². The molecule has 0 aliphatic carbocycles. The van der Waals surface area contributed by atoms with Crippen molar-refractivity contribution in [3.8, 4) is 0 Å². The van der Waals surface area contributed by atoms with Crippen LogP contribution in [-0.4, -0.2) is 6.29 Å². The third-order valence-corrected chi connectivity index (χ3v) is 1.97. The van der Waals surface area contributed by atoms with Gasteiger partial charge in [0.15, 0.2) is 12.4 Å². The number of hydrogen-bond acceptors (Lipinski definition) is 2. The average Bonchev–Trinajstić information content (AvgIpc) is 2.17. The van der Waals surface area contributed by atoms with E-state index >= 15 is 0 Å². The molecule has 0 fully saturated rings. The lowest BCUT2D eigenvalue weighted by atomic mass is 10.0. The molecule has 0 aromatic heterocycles. The Morgan fingerprint density at radius 1 is 1.46 bits per heavy atom. The van der Waals surface area contributed by atoms with Gasteiger partial charge < -0.3 is 4.74 Å². The third kappa shape index (κ3) is 1.22. The van der Waals surface area contributed by atoms with E-state index < -0.39 is 11.9 Å². The van der Waals surface area contributed by atoms with Gasteiger partial charge in [-0.15, -0.1) is 0 Å². The lowest BCUT2D eigenvalue weighted by Gasteiger charge is -2.17. The summed E-state index contributed by atoms with van der Waals surface area (Å²) < 4.78 is 18.2. The molecular formula is C10H7FO2. The lowest BCUT2D eigenvalue weighted by Crippen LogP contribution is -2.09. The van der Waals surface area contributed by atoms with Gasteiger partial charge in [-0.2, -0.15) is 0 Å². The highest BCUT2D eigenvalue weighted by Crippen LogP contribution is 2.28. The monoisotopic (exact) mass is 178 g/mol. The summed E-state index contributed by atoms with van der Waals surface area (Å²) in [5.74, 6) is -0.404. The molecule has 1 heterocycles. The van der Waals surface area contributed by atoms with E-state index in [1.54, 1.807) is 18.2 Å². The highest BCUT2D eigenvalue weighted by Gasteiger charge is 2.20. The van der Waals surface area contributed by atoms with Crippen molar-refractivity contribution in [2.75, 3.05) is 0 Å². The molecule has 13 heavy (non-hydrogen) atoms. The molecule has 1 aliphatic rings. The van der Waals surface area contributed by atoms with Crippen molar-refractivity contribution in [1.29, 1.82) is 0 Å². The molecular weight excluding hydrogens is 171 g/mol. The van der Waals surface area contributed by atoms with Gasteiger partial charge in [0.1, 0.15) is 5.82 Å². The van der Waals surface area contributed by atoms with E-state index in [9.17, 15) is 9.18 Å². The van der Waals surface area contributed by atoms with Gasteiger partial charge in [-0.25, -0.2) is 4.39 Å². The highest BCUT2D eigenvalue weighted by molar-refractivity contribution is 5.68. The second-order valence-corrected chi connectivity index (χ2v) is 2.74.